The number of benzene rings is 2. The molecular weight excluding hydrogens is 333 g/mol. The molecule has 0 spiro atoms. The summed E-state index contributed by atoms with van der Waals surface area (Å²) in [5.74, 6) is -1.70. The van der Waals surface area contributed by atoms with E-state index in [0.717, 1.165) is 10.8 Å². The number of esters is 1. The molecule has 0 aromatic heterocycles. The number of hydrogen-bond acceptors (Lipinski definition) is 3. The molecule has 3 rings (SSSR count). The van der Waals surface area contributed by atoms with Crippen molar-refractivity contribution >= 4 is 22.3 Å². The molecule has 6 heteroatoms. The number of hydrogen-bond donors (Lipinski definition) is 1. The van der Waals surface area contributed by atoms with Gasteiger partial charge in [-0.25, -0.2) is 4.79 Å². The first-order chi connectivity index (χ1) is 11.8. The second kappa shape index (κ2) is 6.19. The molecule has 0 fully saturated rings. The van der Waals surface area contributed by atoms with Crippen molar-refractivity contribution in [2.75, 3.05) is 6.61 Å². The van der Waals surface area contributed by atoms with Crippen molar-refractivity contribution in [3.63, 3.8) is 0 Å². The molecule has 0 aliphatic heterocycles. The minimum Gasteiger partial charge on any atom is -0.463 e. The summed E-state index contributed by atoms with van der Waals surface area (Å²) in [5, 5.41) is 12.1. The van der Waals surface area contributed by atoms with Gasteiger partial charge in [0.05, 0.1) is 6.61 Å². The zero-order valence-electron chi connectivity index (χ0n) is 13.6. The Morgan fingerprint density at radius 3 is 2.60 bits per heavy atom. The second-order valence-corrected chi connectivity index (χ2v) is 5.90. The smallest absolute Gasteiger partial charge is 0.432 e. The number of aliphatic hydroxyl groups is 1. The first-order valence-corrected chi connectivity index (χ1v) is 7.98. The summed E-state index contributed by atoms with van der Waals surface area (Å²) < 4.78 is 45.6. The third-order valence-electron chi connectivity index (χ3n) is 4.44. The zero-order chi connectivity index (χ0) is 18.2. The van der Waals surface area contributed by atoms with Crippen LogP contribution in [-0.2, 0) is 16.0 Å². The zero-order valence-corrected chi connectivity index (χ0v) is 13.6. The van der Waals surface area contributed by atoms with E-state index in [1.165, 1.54) is 19.1 Å². The van der Waals surface area contributed by atoms with Crippen molar-refractivity contribution in [3.05, 3.63) is 53.6 Å². The molecule has 25 heavy (non-hydrogen) atoms. The molecule has 1 N–H and O–H groups in total. The lowest BCUT2D eigenvalue weighted by Gasteiger charge is -2.33. The molecule has 2 aromatic rings. The highest BCUT2D eigenvalue weighted by atomic mass is 19.4. The Bertz CT molecular complexity index is 855. The predicted octanol–water partition coefficient (Wildman–Crippen LogP) is 4.03. The molecule has 0 amide bonds. The molecular formula is C19H17F3O3. The third-order valence-corrected chi connectivity index (χ3v) is 4.44. The Kier molecular flexibility index (Phi) is 4.33. The molecule has 1 aliphatic rings. The molecule has 1 unspecified atom stereocenters. The van der Waals surface area contributed by atoms with Crippen molar-refractivity contribution in [2.45, 2.75) is 31.5 Å². The van der Waals surface area contributed by atoms with E-state index in [0.29, 0.717) is 18.4 Å². The van der Waals surface area contributed by atoms with Crippen LogP contribution in [0.1, 0.15) is 24.5 Å². The summed E-state index contributed by atoms with van der Waals surface area (Å²) in [5.41, 5.74) is -3.20. The predicted molar refractivity (Wildman–Crippen MR) is 87.9 cm³/mol. The highest BCUT2D eigenvalue weighted by Crippen LogP contribution is 2.45. The van der Waals surface area contributed by atoms with Gasteiger partial charge >= 0.3 is 12.1 Å². The number of aryl methyl sites for hydroxylation is 1. The molecule has 132 valence electrons. The van der Waals surface area contributed by atoms with E-state index in [2.05, 4.69) is 4.74 Å². The van der Waals surface area contributed by atoms with Gasteiger partial charge in [0.2, 0.25) is 0 Å². The minimum absolute atomic E-state index is 0.234. The molecule has 1 atom stereocenters. The van der Waals surface area contributed by atoms with Crippen molar-refractivity contribution in [1.82, 2.24) is 0 Å². The monoisotopic (exact) mass is 350 g/mol. The van der Waals surface area contributed by atoms with E-state index in [1.54, 1.807) is 6.07 Å². The number of rotatable bonds is 3. The van der Waals surface area contributed by atoms with Crippen LogP contribution in [0.25, 0.3) is 16.3 Å². The van der Waals surface area contributed by atoms with Crippen LogP contribution in [0.2, 0.25) is 0 Å². The summed E-state index contributed by atoms with van der Waals surface area (Å²) in [6.07, 6.45) is -3.07. The second-order valence-electron chi connectivity index (χ2n) is 5.90. The van der Waals surface area contributed by atoms with Crippen LogP contribution in [0.15, 0.2) is 42.5 Å². The average Bonchev–Trinajstić information content (AvgIpc) is 2.59. The van der Waals surface area contributed by atoms with Gasteiger partial charge in [0, 0.05) is 5.57 Å². The highest BCUT2D eigenvalue weighted by Gasteiger charge is 2.63. The Labute approximate surface area is 142 Å². The summed E-state index contributed by atoms with van der Waals surface area (Å²) in [6.45, 7) is 1.14. The van der Waals surface area contributed by atoms with Gasteiger partial charge in [-0.15, -0.1) is 0 Å². The van der Waals surface area contributed by atoms with Crippen LogP contribution in [-0.4, -0.2) is 29.5 Å². The largest absolute Gasteiger partial charge is 0.463 e. The van der Waals surface area contributed by atoms with E-state index >= 15 is 0 Å². The molecule has 0 saturated heterocycles. The van der Waals surface area contributed by atoms with Crippen molar-refractivity contribution in [2.24, 2.45) is 0 Å². The number of fused-ring (bicyclic) bond motifs is 3. The van der Waals surface area contributed by atoms with Gasteiger partial charge < -0.3 is 9.84 Å². The summed E-state index contributed by atoms with van der Waals surface area (Å²) in [7, 11) is 0. The maximum absolute atomic E-state index is 13.7. The number of allylic oxidation sites excluding steroid dienone is 1. The summed E-state index contributed by atoms with van der Waals surface area (Å²) in [4.78, 5) is 12.1. The topological polar surface area (TPSA) is 46.5 Å². The number of carbonyl (C=O) groups is 1. The van der Waals surface area contributed by atoms with Crippen LogP contribution >= 0.6 is 0 Å². The summed E-state index contributed by atoms with van der Waals surface area (Å²) >= 11 is 0. The van der Waals surface area contributed by atoms with E-state index < -0.39 is 23.3 Å². The van der Waals surface area contributed by atoms with Gasteiger partial charge in [-0.2, -0.15) is 13.2 Å². The number of alkyl halides is 3. The van der Waals surface area contributed by atoms with Gasteiger partial charge in [-0.1, -0.05) is 42.5 Å². The molecule has 0 saturated carbocycles. The Hall–Kier alpha value is -2.34. The van der Waals surface area contributed by atoms with Gasteiger partial charge in [0.25, 0.3) is 5.60 Å². The lowest BCUT2D eigenvalue weighted by molar-refractivity contribution is -0.242. The van der Waals surface area contributed by atoms with Gasteiger partial charge in [-0.05, 0) is 41.7 Å². The molecule has 0 bridgehead atoms. The first-order valence-electron chi connectivity index (χ1n) is 7.98. The third kappa shape index (κ3) is 2.70. The maximum atomic E-state index is 13.7. The fourth-order valence-corrected chi connectivity index (χ4v) is 3.28. The highest BCUT2D eigenvalue weighted by molar-refractivity contribution is 6.01. The molecule has 2 aromatic carbocycles. The standard InChI is InChI=1S/C19H17F3O3/c1-2-25-17(23)18(24,19(20,21)22)16-9-5-8-14-13-7-4-3-6-12(13)10-11-15(14)16/h3-4,6-7,9-11,24H,2,5,8H2,1H3. The van der Waals surface area contributed by atoms with Crippen molar-refractivity contribution in [1.29, 1.82) is 0 Å². The average molecular weight is 350 g/mol. The van der Waals surface area contributed by atoms with Gasteiger partial charge in [-0.3, -0.25) is 0 Å². The number of ether oxygens (including phenoxy) is 1. The molecule has 3 nitrogen and oxygen atoms in total. The fourth-order valence-electron chi connectivity index (χ4n) is 3.28. The Morgan fingerprint density at radius 2 is 1.92 bits per heavy atom. The van der Waals surface area contributed by atoms with Crippen LogP contribution in [0.5, 0.6) is 0 Å². The molecule has 0 radical (unpaired) electrons. The van der Waals surface area contributed by atoms with Crippen LogP contribution in [0, 0.1) is 0 Å². The molecule has 1 aliphatic carbocycles. The minimum atomic E-state index is -5.19. The SMILES string of the molecule is CCOC(=O)C(O)(C1=CCCc2c1ccc1ccccc21)C(F)(F)F. The van der Waals surface area contributed by atoms with E-state index in [4.69, 9.17) is 0 Å². The van der Waals surface area contributed by atoms with Gasteiger partial charge in [0.15, 0.2) is 0 Å². The Morgan fingerprint density at radius 1 is 1.20 bits per heavy atom. The summed E-state index contributed by atoms with van der Waals surface area (Å²) in [6, 6.07) is 10.6. The lowest BCUT2D eigenvalue weighted by Crippen LogP contribution is -2.54. The van der Waals surface area contributed by atoms with E-state index in [-0.39, 0.29) is 12.2 Å². The van der Waals surface area contributed by atoms with E-state index in [1.807, 2.05) is 24.3 Å². The van der Waals surface area contributed by atoms with Crippen LogP contribution < -0.4 is 0 Å². The first kappa shape index (κ1) is 17.5. The molecule has 0 heterocycles. The maximum Gasteiger partial charge on any atom is 0.432 e. The van der Waals surface area contributed by atoms with Crippen LogP contribution in [0.3, 0.4) is 0 Å². The van der Waals surface area contributed by atoms with Crippen molar-refractivity contribution in [3.8, 4) is 0 Å². The van der Waals surface area contributed by atoms with Crippen LogP contribution in [0.4, 0.5) is 13.2 Å². The number of carbonyl (C=O) groups excluding carboxylic acids is 1. The Balaban J connectivity index is 2.22. The quantitative estimate of drug-likeness (QED) is 0.851. The van der Waals surface area contributed by atoms with Crippen molar-refractivity contribution < 1.29 is 27.8 Å². The number of halogens is 3. The van der Waals surface area contributed by atoms with Gasteiger partial charge in [0.1, 0.15) is 0 Å². The lowest BCUT2D eigenvalue weighted by atomic mass is 9.79. The fraction of sp³-hybridized carbons (Fsp3) is 0.316. The normalized spacial score (nSPS) is 16.8. The van der Waals surface area contributed by atoms with E-state index in [9.17, 15) is 23.1 Å².